The Morgan fingerprint density at radius 2 is 1.90 bits per heavy atom. The molecule has 1 N–H and O–H groups in total. The Morgan fingerprint density at radius 3 is 2.70 bits per heavy atom. The molecule has 7 nitrogen and oxygen atoms in total. The number of hydrogen-bond donors (Lipinski definition) is 1. The lowest BCUT2D eigenvalue weighted by atomic mass is 10.1. The third-order valence-corrected chi connectivity index (χ3v) is 5.00. The van der Waals surface area contributed by atoms with E-state index in [1.165, 1.54) is 6.07 Å². The molecule has 1 amide bonds. The van der Waals surface area contributed by atoms with E-state index in [0.29, 0.717) is 36.0 Å². The minimum Gasteiger partial charge on any atom is -0.486 e. The Bertz CT molecular complexity index is 1140. The van der Waals surface area contributed by atoms with E-state index in [4.69, 9.17) is 18.6 Å². The van der Waals surface area contributed by atoms with Crippen molar-refractivity contribution in [2.45, 2.75) is 26.3 Å². The number of nitrogens with one attached hydrogen (secondary N) is 1. The summed E-state index contributed by atoms with van der Waals surface area (Å²) in [6, 6.07) is 12.1. The van der Waals surface area contributed by atoms with E-state index in [2.05, 4.69) is 5.32 Å². The summed E-state index contributed by atoms with van der Waals surface area (Å²) in [5.74, 6) is 1.59. The highest BCUT2D eigenvalue weighted by Gasteiger charge is 2.16. The zero-order valence-electron chi connectivity index (χ0n) is 16.9. The van der Waals surface area contributed by atoms with Crippen LogP contribution in [0.15, 0.2) is 51.7 Å². The summed E-state index contributed by atoms with van der Waals surface area (Å²) in [5, 5.41) is 3.77. The third kappa shape index (κ3) is 4.25. The second-order valence-corrected chi connectivity index (χ2v) is 7.08. The summed E-state index contributed by atoms with van der Waals surface area (Å²) >= 11 is 0. The molecule has 156 valence electrons. The molecule has 4 rings (SSSR count). The quantitative estimate of drug-likeness (QED) is 0.628. The summed E-state index contributed by atoms with van der Waals surface area (Å²) < 4.78 is 22.0. The van der Waals surface area contributed by atoms with Crippen LogP contribution in [0.1, 0.15) is 31.0 Å². The molecule has 1 atom stereocenters. The van der Waals surface area contributed by atoms with Crippen molar-refractivity contribution in [2.24, 2.45) is 0 Å². The van der Waals surface area contributed by atoms with E-state index in [9.17, 15) is 9.59 Å². The Kier molecular flexibility index (Phi) is 5.61. The zero-order chi connectivity index (χ0) is 21.1. The molecule has 7 heteroatoms. The van der Waals surface area contributed by atoms with Gasteiger partial charge in [0.1, 0.15) is 24.5 Å². The van der Waals surface area contributed by atoms with Crippen LogP contribution in [0.4, 0.5) is 0 Å². The van der Waals surface area contributed by atoms with Crippen molar-refractivity contribution in [3.63, 3.8) is 0 Å². The molecule has 30 heavy (non-hydrogen) atoms. The summed E-state index contributed by atoms with van der Waals surface area (Å²) in [6.45, 7) is 4.76. The van der Waals surface area contributed by atoms with Crippen LogP contribution in [-0.2, 0) is 11.2 Å². The van der Waals surface area contributed by atoms with Crippen molar-refractivity contribution in [2.75, 3.05) is 19.8 Å². The van der Waals surface area contributed by atoms with Crippen LogP contribution in [0.25, 0.3) is 11.0 Å². The van der Waals surface area contributed by atoms with Gasteiger partial charge in [-0.15, -0.1) is 0 Å². The summed E-state index contributed by atoms with van der Waals surface area (Å²) in [6.07, 6.45) is 0.725. The predicted octanol–water partition coefficient (Wildman–Crippen LogP) is 3.38. The maximum absolute atomic E-state index is 12.3. The van der Waals surface area contributed by atoms with Gasteiger partial charge in [-0.2, -0.15) is 0 Å². The minimum atomic E-state index is -0.400. The van der Waals surface area contributed by atoms with Crippen LogP contribution in [0, 0.1) is 0 Å². The first kappa shape index (κ1) is 19.8. The van der Waals surface area contributed by atoms with E-state index in [-0.39, 0.29) is 18.6 Å². The Morgan fingerprint density at radius 1 is 1.10 bits per heavy atom. The van der Waals surface area contributed by atoms with E-state index < -0.39 is 5.63 Å². The first-order valence-electron chi connectivity index (χ1n) is 9.92. The molecule has 0 fully saturated rings. The van der Waals surface area contributed by atoms with Crippen molar-refractivity contribution in [3.05, 3.63) is 64.0 Å². The minimum absolute atomic E-state index is 0.155. The number of fused-ring (bicyclic) bond motifs is 2. The van der Waals surface area contributed by atoms with Crippen LogP contribution < -0.4 is 25.2 Å². The third-order valence-electron chi connectivity index (χ3n) is 5.00. The average Bonchev–Trinajstić information content (AvgIpc) is 2.76. The number of benzene rings is 2. The molecular weight excluding hydrogens is 386 g/mol. The fourth-order valence-electron chi connectivity index (χ4n) is 3.44. The molecule has 1 aliphatic heterocycles. The van der Waals surface area contributed by atoms with Gasteiger partial charge in [0.2, 0.25) is 0 Å². The molecule has 0 bridgehead atoms. The second kappa shape index (κ2) is 8.49. The normalized spacial score (nSPS) is 13.7. The van der Waals surface area contributed by atoms with Crippen molar-refractivity contribution in [3.8, 4) is 17.2 Å². The SMILES string of the molecule is CCc1cc(=O)oc2cc(OCC(=O)NC(C)c3ccc4c(c3)OCCO4)ccc12. The Hall–Kier alpha value is -3.48. The van der Waals surface area contributed by atoms with Gasteiger partial charge < -0.3 is 23.9 Å². The van der Waals surface area contributed by atoms with Crippen LogP contribution in [0.2, 0.25) is 0 Å². The molecule has 2 aromatic carbocycles. The van der Waals surface area contributed by atoms with Crippen LogP contribution in [-0.4, -0.2) is 25.7 Å². The number of hydrogen-bond acceptors (Lipinski definition) is 6. The van der Waals surface area contributed by atoms with Gasteiger partial charge in [0.25, 0.3) is 5.91 Å². The molecule has 2 heterocycles. The maximum atomic E-state index is 12.3. The van der Waals surface area contributed by atoms with Crippen molar-refractivity contribution >= 4 is 16.9 Å². The monoisotopic (exact) mass is 409 g/mol. The largest absolute Gasteiger partial charge is 0.486 e. The fraction of sp³-hybridized carbons (Fsp3) is 0.304. The van der Waals surface area contributed by atoms with E-state index in [1.807, 2.05) is 38.1 Å². The van der Waals surface area contributed by atoms with Gasteiger partial charge in [-0.25, -0.2) is 4.79 Å². The number of amides is 1. The topological polar surface area (TPSA) is 87.0 Å². The van der Waals surface area contributed by atoms with Crippen molar-refractivity contribution < 1.29 is 23.4 Å². The first-order chi connectivity index (χ1) is 14.5. The van der Waals surface area contributed by atoms with Crippen LogP contribution in [0.5, 0.6) is 17.2 Å². The van der Waals surface area contributed by atoms with E-state index in [1.54, 1.807) is 12.1 Å². The maximum Gasteiger partial charge on any atom is 0.336 e. The fourth-order valence-corrected chi connectivity index (χ4v) is 3.44. The molecule has 0 spiro atoms. The Labute approximate surface area is 173 Å². The van der Waals surface area contributed by atoms with Crippen LogP contribution >= 0.6 is 0 Å². The molecule has 0 aliphatic carbocycles. The molecule has 0 radical (unpaired) electrons. The number of ether oxygens (including phenoxy) is 3. The molecular formula is C23H23NO6. The molecule has 0 saturated carbocycles. The van der Waals surface area contributed by atoms with Crippen LogP contribution in [0.3, 0.4) is 0 Å². The van der Waals surface area contributed by atoms with Gasteiger partial charge in [-0.1, -0.05) is 13.0 Å². The van der Waals surface area contributed by atoms with Crippen molar-refractivity contribution in [1.82, 2.24) is 5.32 Å². The number of carbonyl (C=O) groups is 1. The molecule has 0 saturated heterocycles. The second-order valence-electron chi connectivity index (χ2n) is 7.08. The summed E-state index contributed by atoms with van der Waals surface area (Å²) in [5.41, 5.74) is 1.87. The number of rotatable bonds is 6. The van der Waals surface area contributed by atoms with Gasteiger partial charge in [0.15, 0.2) is 18.1 Å². The predicted molar refractivity (Wildman–Crippen MR) is 111 cm³/mol. The highest BCUT2D eigenvalue weighted by molar-refractivity contribution is 5.82. The standard InChI is InChI=1S/C23H23NO6/c1-3-15-11-23(26)30-20-12-17(5-6-18(15)20)29-13-22(25)24-14(2)16-4-7-19-21(10-16)28-9-8-27-19/h4-7,10-12,14H,3,8-9,13H2,1-2H3,(H,24,25). The first-order valence-corrected chi connectivity index (χ1v) is 9.92. The van der Waals surface area contributed by atoms with Gasteiger partial charge in [-0.05, 0) is 48.7 Å². The van der Waals surface area contributed by atoms with Gasteiger partial charge in [-0.3, -0.25) is 4.79 Å². The lowest BCUT2D eigenvalue weighted by molar-refractivity contribution is -0.123. The summed E-state index contributed by atoms with van der Waals surface area (Å²) in [4.78, 5) is 24.0. The summed E-state index contributed by atoms with van der Waals surface area (Å²) in [7, 11) is 0. The van der Waals surface area contributed by atoms with Crippen molar-refractivity contribution in [1.29, 1.82) is 0 Å². The number of aryl methyl sites for hydroxylation is 1. The molecule has 1 aliphatic rings. The lowest BCUT2D eigenvalue weighted by Crippen LogP contribution is -2.31. The Balaban J connectivity index is 1.39. The lowest BCUT2D eigenvalue weighted by Gasteiger charge is -2.21. The highest BCUT2D eigenvalue weighted by atomic mass is 16.6. The van der Waals surface area contributed by atoms with Gasteiger partial charge in [0, 0.05) is 17.5 Å². The van der Waals surface area contributed by atoms with Gasteiger partial charge >= 0.3 is 5.63 Å². The molecule has 1 aromatic heterocycles. The van der Waals surface area contributed by atoms with Gasteiger partial charge in [0.05, 0.1) is 6.04 Å². The van der Waals surface area contributed by atoms with E-state index >= 15 is 0 Å². The smallest absolute Gasteiger partial charge is 0.336 e. The number of carbonyl (C=O) groups excluding carboxylic acids is 1. The molecule has 1 unspecified atom stereocenters. The van der Waals surface area contributed by atoms with E-state index in [0.717, 1.165) is 22.9 Å². The molecule has 3 aromatic rings. The average molecular weight is 409 g/mol. The zero-order valence-corrected chi connectivity index (χ0v) is 16.9. The highest BCUT2D eigenvalue weighted by Crippen LogP contribution is 2.32.